The minimum absolute atomic E-state index is 0.0467. The molecular weight excluding hydrogens is 503 g/mol. The number of amides is 2. The number of hydrogen-bond donors (Lipinski definition) is 1. The number of carbonyl (C=O) groups is 2. The van der Waals surface area contributed by atoms with Gasteiger partial charge in [0.05, 0.1) is 17.1 Å². The highest BCUT2D eigenvalue weighted by atomic mass is 32.1. The van der Waals surface area contributed by atoms with Gasteiger partial charge in [-0.05, 0) is 48.5 Å². The number of rotatable bonds is 5. The molecule has 2 fully saturated rings. The number of thiazole rings is 1. The van der Waals surface area contributed by atoms with Gasteiger partial charge in [-0.1, -0.05) is 0 Å². The first-order valence-corrected chi connectivity index (χ1v) is 12.7. The first-order valence-electron chi connectivity index (χ1n) is 11.8. The van der Waals surface area contributed by atoms with E-state index in [-0.39, 0.29) is 23.9 Å². The lowest BCUT2D eigenvalue weighted by Gasteiger charge is -2.51. The van der Waals surface area contributed by atoms with E-state index in [2.05, 4.69) is 15.2 Å². The van der Waals surface area contributed by atoms with Gasteiger partial charge in [-0.15, -0.1) is 11.3 Å². The van der Waals surface area contributed by atoms with Crippen LogP contribution in [0.25, 0.3) is 16.6 Å². The number of hydrogen-bond acceptors (Lipinski definition) is 5. The predicted octanol–water partition coefficient (Wildman–Crippen LogP) is 4.04. The molecule has 2 aromatic heterocycles. The summed E-state index contributed by atoms with van der Waals surface area (Å²) in [6, 6.07) is 12.6. The highest BCUT2D eigenvalue weighted by Crippen LogP contribution is 2.31. The van der Waals surface area contributed by atoms with Gasteiger partial charge in [0, 0.05) is 66.6 Å². The molecule has 190 valence electrons. The quantitative estimate of drug-likeness (QED) is 0.427. The Labute approximate surface area is 214 Å². The van der Waals surface area contributed by atoms with Crippen molar-refractivity contribution in [1.29, 1.82) is 0 Å². The summed E-state index contributed by atoms with van der Waals surface area (Å²) in [5.41, 5.74) is 1.31. The molecule has 2 aromatic carbocycles. The van der Waals surface area contributed by atoms with Gasteiger partial charge >= 0.3 is 6.18 Å². The average molecular weight is 526 g/mol. The van der Waals surface area contributed by atoms with Crippen LogP contribution in [0.1, 0.15) is 25.7 Å². The van der Waals surface area contributed by atoms with E-state index in [1.807, 2.05) is 18.2 Å². The summed E-state index contributed by atoms with van der Waals surface area (Å²) < 4.78 is 40.4. The van der Waals surface area contributed by atoms with E-state index in [1.165, 1.54) is 23.5 Å². The van der Waals surface area contributed by atoms with Gasteiger partial charge in [0.1, 0.15) is 0 Å². The molecule has 2 amide bonds. The summed E-state index contributed by atoms with van der Waals surface area (Å²) in [7, 11) is 0. The normalized spacial score (nSPS) is 17.0. The first-order chi connectivity index (χ1) is 17.8. The molecular formula is C26H22F3N5O2S. The Bertz CT molecular complexity index is 1450. The number of nitrogens with one attached hydrogen (secondary N) is 1. The first kappa shape index (κ1) is 23.7. The molecule has 7 nitrogen and oxygen atoms in total. The van der Waals surface area contributed by atoms with E-state index >= 15 is 0 Å². The Hall–Kier alpha value is -3.70. The van der Waals surface area contributed by atoms with Crippen LogP contribution in [-0.2, 0) is 6.18 Å². The van der Waals surface area contributed by atoms with Gasteiger partial charge in [-0.2, -0.15) is 13.2 Å². The molecule has 11 heteroatoms. The van der Waals surface area contributed by atoms with Crippen molar-refractivity contribution in [2.75, 3.05) is 26.2 Å². The number of benzene rings is 2. The fraction of sp³-hybridized carbons (Fsp3) is 0.269. The zero-order valence-corrected chi connectivity index (χ0v) is 20.3. The number of likely N-dealkylation sites (tertiary alicyclic amines) is 2. The van der Waals surface area contributed by atoms with Crippen LogP contribution in [0.5, 0.6) is 0 Å². The highest BCUT2D eigenvalue weighted by molar-refractivity contribution is 7.11. The Morgan fingerprint density at radius 3 is 2.43 bits per heavy atom. The molecule has 2 saturated heterocycles. The molecule has 4 heterocycles. The van der Waals surface area contributed by atoms with Crippen molar-refractivity contribution in [1.82, 2.24) is 24.7 Å². The zero-order chi connectivity index (χ0) is 25.7. The van der Waals surface area contributed by atoms with Crippen molar-refractivity contribution in [3.8, 4) is 5.69 Å². The molecule has 1 N–H and O–H groups in total. The Morgan fingerprint density at radius 2 is 1.76 bits per heavy atom. The third-order valence-electron chi connectivity index (χ3n) is 6.95. The second-order valence-electron chi connectivity index (χ2n) is 9.33. The van der Waals surface area contributed by atoms with Crippen molar-refractivity contribution in [2.24, 2.45) is 0 Å². The molecule has 6 rings (SSSR count). The third kappa shape index (κ3) is 4.49. The third-order valence-corrected chi connectivity index (χ3v) is 7.72. The SMILES string of the molecule is O=C(NC1CN(C2CN(C(=O)c3ccc4c(ccn4-c4ccc(C(F)(F)F)cc4)c3)C2)C1)c1nccs1. The van der Waals surface area contributed by atoms with Crippen LogP contribution in [0, 0.1) is 0 Å². The standard InChI is InChI=1S/C26H22F3N5O2S/c27-26(28,29)18-2-4-20(5-3-18)34-9-7-16-11-17(1-6-22(16)34)25(36)33-14-21(15-33)32-12-19(13-32)31-23(35)24-30-8-10-37-24/h1-11,19,21H,12-15H2,(H,31,35). The Morgan fingerprint density at radius 1 is 1.00 bits per heavy atom. The van der Waals surface area contributed by atoms with Crippen LogP contribution in [0.15, 0.2) is 66.3 Å². The fourth-order valence-electron chi connectivity index (χ4n) is 4.83. The average Bonchev–Trinajstić information content (AvgIpc) is 3.50. The largest absolute Gasteiger partial charge is 0.416 e. The summed E-state index contributed by atoms with van der Waals surface area (Å²) in [5.74, 6) is -0.192. The van der Waals surface area contributed by atoms with E-state index in [4.69, 9.17) is 0 Å². The highest BCUT2D eigenvalue weighted by Gasteiger charge is 2.41. The van der Waals surface area contributed by atoms with E-state index in [0.29, 0.717) is 29.3 Å². The monoisotopic (exact) mass is 525 g/mol. The molecule has 2 aliphatic heterocycles. The molecule has 0 spiro atoms. The molecule has 0 radical (unpaired) electrons. The van der Waals surface area contributed by atoms with Crippen LogP contribution in [-0.4, -0.2) is 69.4 Å². The van der Waals surface area contributed by atoms with E-state index in [0.717, 1.165) is 36.1 Å². The molecule has 37 heavy (non-hydrogen) atoms. The van der Waals surface area contributed by atoms with Gasteiger partial charge in [0.2, 0.25) is 0 Å². The van der Waals surface area contributed by atoms with Crippen molar-refractivity contribution in [3.05, 3.63) is 82.4 Å². The van der Waals surface area contributed by atoms with Crippen LogP contribution in [0.4, 0.5) is 13.2 Å². The van der Waals surface area contributed by atoms with Crippen molar-refractivity contribution in [2.45, 2.75) is 18.3 Å². The molecule has 0 saturated carbocycles. The number of aromatic nitrogens is 2. The number of alkyl halides is 3. The van der Waals surface area contributed by atoms with Crippen molar-refractivity contribution < 1.29 is 22.8 Å². The van der Waals surface area contributed by atoms with E-state index in [9.17, 15) is 22.8 Å². The van der Waals surface area contributed by atoms with Crippen molar-refractivity contribution >= 4 is 34.1 Å². The molecule has 0 atom stereocenters. The summed E-state index contributed by atoms with van der Waals surface area (Å²) in [4.78, 5) is 33.2. The number of fused-ring (bicyclic) bond motifs is 1. The smallest absolute Gasteiger partial charge is 0.345 e. The number of halogens is 3. The number of nitrogens with zero attached hydrogens (tertiary/aromatic N) is 4. The van der Waals surface area contributed by atoms with Crippen molar-refractivity contribution in [3.63, 3.8) is 0 Å². The van der Waals surface area contributed by atoms with Gasteiger partial charge in [0.25, 0.3) is 11.8 Å². The van der Waals surface area contributed by atoms with Gasteiger partial charge < -0.3 is 14.8 Å². The van der Waals surface area contributed by atoms with Crippen LogP contribution in [0.2, 0.25) is 0 Å². The minimum atomic E-state index is -4.38. The lowest BCUT2D eigenvalue weighted by atomic mass is 9.98. The van der Waals surface area contributed by atoms with Crippen LogP contribution in [0.3, 0.4) is 0 Å². The van der Waals surface area contributed by atoms with E-state index in [1.54, 1.807) is 33.3 Å². The Balaban J connectivity index is 1.05. The summed E-state index contributed by atoms with van der Waals surface area (Å²) >= 11 is 1.31. The van der Waals surface area contributed by atoms with Gasteiger partial charge in [-0.3, -0.25) is 14.5 Å². The lowest BCUT2D eigenvalue weighted by Crippen LogP contribution is -2.70. The fourth-order valence-corrected chi connectivity index (χ4v) is 5.37. The zero-order valence-electron chi connectivity index (χ0n) is 19.5. The molecule has 0 aliphatic carbocycles. The van der Waals surface area contributed by atoms with Crippen LogP contribution < -0.4 is 5.32 Å². The summed E-state index contributed by atoms with van der Waals surface area (Å²) in [6.07, 6.45) is -0.981. The van der Waals surface area contributed by atoms with E-state index < -0.39 is 11.7 Å². The summed E-state index contributed by atoms with van der Waals surface area (Å²) in [6.45, 7) is 2.79. The second-order valence-corrected chi connectivity index (χ2v) is 10.2. The molecule has 0 unspecified atom stereocenters. The van der Waals surface area contributed by atoms with Gasteiger partial charge in [-0.25, -0.2) is 4.98 Å². The maximum atomic E-state index is 13.0. The maximum absolute atomic E-state index is 13.0. The summed E-state index contributed by atoms with van der Waals surface area (Å²) in [5, 5.41) is 6.06. The molecule has 0 bridgehead atoms. The number of carbonyl (C=O) groups excluding carboxylic acids is 2. The topological polar surface area (TPSA) is 70.5 Å². The lowest BCUT2D eigenvalue weighted by molar-refractivity contribution is -0.137. The van der Waals surface area contributed by atoms with Gasteiger partial charge in [0.15, 0.2) is 5.01 Å². The van der Waals surface area contributed by atoms with Crippen LogP contribution >= 0.6 is 11.3 Å². The maximum Gasteiger partial charge on any atom is 0.416 e. The predicted molar refractivity (Wildman–Crippen MR) is 133 cm³/mol. The second kappa shape index (κ2) is 9.00. The molecule has 2 aliphatic rings. The minimum Gasteiger partial charge on any atom is -0.345 e. The Kier molecular flexibility index (Phi) is 5.76. The molecule has 4 aromatic rings.